The molecule has 0 aromatic carbocycles. The number of hydrogen-bond donors (Lipinski definition) is 3. The van der Waals surface area contributed by atoms with Gasteiger partial charge in [0.25, 0.3) is 0 Å². The first-order valence-electron chi connectivity index (χ1n) is 5.16. The topological polar surface area (TPSA) is 64.1 Å². The third kappa shape index (κ3) is 6.02. The fraction of sp³-hybridized carbons (Fsp3) is 1.00. The molecule has 0 heterocycles. The molecule has 0 spiro atoms. The monoisotopic (exact) mass is 187 g/mol. The van der Waals surface area contributed by atoms with Crippen molar-refractivity contribution in [3.05, 3.63) is 0 Å². The van der Waals surface area contributed by atoms with Crippen LogP contribution in [0.5, 0.6) is 0 Å². The minimum absolute atomic E-state index is 0.286. The maximum atomic E-state index is 5.57. The molecule has 1 atom stereocenters. The predicted molar refractivity (Wildman–Crippen MR) is 58.6 cm³/mol. The highest BCUT2D eigenvalue weighted by Gasteiger charge is 2.22. The number of nitrogens with two attached hydrogens (primary N) is 2. The van der Waals surface area contributed by atoms with Crippen LogP contribution in [0.3, 0.4) is 0 Å². The number of rotatable bonds is 6. The Morgan fingerprint density at radius 3 is 2.15 bits per heavy atom. The van der Waals surface area contributed by atoms with Crippen LogP contribution in [0.1, 0.15) is 33.6 Å². The van der Waals surface area contributed by atoms with Gasteiger partial charge in [-0.2, -0.15) is 0 Å². The molecule has 80 valence electrons. The summed E-state index contributed by atoms with van der Waals surface area (Å²) in [5.74, 6) is 0. The van der Waals surface area contributed by atoms with E-state index in [4.69, 9.17) is 11.5 Å². The van der Waals surface area contributed by atoms with E-state index in [1.165, 1.54) is 0 Å². The molecule has 13 heavy (non-hydrogen) atoms. The second kappa shape index (κ2) is 6.35. The quantitative estimate of drug-likeness (QED) is 0.536. The van der Waals surface area contributed by atoms with Crippen molar-refractivity contribution in [1.82, 2.24) is 5.32 Å². The normalized spacial score (nSPS) is 14.5. The standard InChI is InChI=1S/C10H25N3/c1-10(2,3)9(5-7-12)13-8-4-6-11/h9,13H,4-8,11-12H2,1-3H3. The molecular formula is C10H25N3. The second-order valence-corrected chi connectivity index (χ2v) is 4.59. The predicted octanol–water partition coefficient (Wildman–Crippen LogP) is 0.688. The summed E-state index contributed by atoms with van der Waals surface area (Å²) in [7, 11) is 0. The molecular weight excluding hydrogens is 162 g/mol. The van der Waals surface area contributed by atoms with Crippen molar-refractivity contribution in [2.24, 2.45) is 16.9 Å². The summed E-state index contributed by atoms with van der Waals surface area (Å²) in [5.41, 5.74) is 11.3. The molecule has 1 unspecified atom stereocenters. The highest BCUT2D eigenvalue weighted by atomic mass is 14.9. The SMILES string of the molecule is CC(C)(C)C(CCN)NCCCN. The summed E-state index contributed by atoms with van der Waals surface area (Å²) in [6.45, 7) is 9.22. The lowest BCUT2D eigenvalue weighted by atomic mass is 9.85. The lowest BCUT2D eigenvalue weighted by Crippen LogP contribution is -2.42. The summed E-state index contributed by atoms with van der Waals surface area (Å²) in [6, 6.07) is 0.504. The van der Waals surface area contributed by atoms with Crippen molar-refractivity contribution < 1.29 is 0 Å². The Balaban J connectivity index is 3.81. The van der Waals surface area contributed by atoms with Gasteiger partial charge in [-0.05, 0) is 37.9 Å². The van der Waals surface area contributed by atoms with E-state index in [9.17, 15) is 0 Å². The zero-order valence-corrected chi connectivity index (χ0v) is 9.27. The largest absolute Gasteiger partial charge is 0.330 e. The lowest BCUT2D eigenvalue weighted by molar-refractivity contribution is 0.257. The van der Waals surface area contributed by atoms with Crippen molar-refractivity contribution in [2.75, 3.05) is 19.6 Å². The molecule has 0 rings (SSSR count). The van der Waals surface area contributed by atoms with E-state index in [1.807, 2.05) is 0 Å². The van der Waals surface area contributed by atoms with E-state index in [1.54, 1.807) is 0 Å². The van der Waals surface area contributed by atoms with Gasteiger partial charge in [0.1, 0.15) is 0 Å². The molecule has 0 aliphatic heterocycles. The molecule has 3 nitrogen and oxygen atoms in total. The molecule has 5 N–H and O–H groups in total. The molecule has 0 amide bonds. The molecule has 0 aliphatic rings. The van der Waals surface area contributed by atoms with Crippen LogP contribution in [-0.4, -0.2) is 25.7 Å². The zero-order chi connectivity index (χ0) is 10.3. The van der Waals surface area contributed by atoms with Gasteiger partial charge in [0.05, 0.1) is 0 Å². The van der Waals surface area contributed by atoms with Crippen molar-refractivity contribution in [1.29, 1.82) is 0 Å². The third-order valence-corrected chi connectivity index (χ3v) is 2.27. The van der Waals surface area contributed by atoms with Gasteiger partial charge in [0.2, 0.25) is 0 Å². The maximum absolute atomic E-state index is 5.57. The van der Waals surface area contributed by atoms with Crippen LogP contribution >= 0.6 is 0 Å². The molecule has 0 aromatic rings. The first-order valence-corrected chi connectivity index (χ1v) is 5.16. The third-order valence-electron chi connectivity index (χ3n) is 2.27. The summed E-state index contributed by atoms with van der Waals surface area (Å²) >= 11 is 0. The Morgan fingerprint density at radius 1 is 1.15 bits per heavy atom. The Bertz CT molecular complexity index is 118. The van der Waals surface area contributed by atoms with Gasteiger partial charge < -0.3 is 16.8 Å². The van der Waals surface area contributed by atoms with Gasteiger partial charge in [-0.25, -0.2) is 0 Å². The molecule has 0 saturated heterocycles. The van der Waals surface area contributed by atoms with Crippen molar-refractivity contribution in [3.63, 3.8) is 0 Å². The van der Waals surface area contributed by atoms with Crippen LogP contribution in [0.4, 0.5) is 0 Å². The van der Waals surface area contributed by atoms with Gasteiger partial charge in [0, 0.05) is 6.04 Å². The zero-order valence-electron chi connectivity index (χ0n) is 9.27. The van der Waals surface area contributed by atoms with Crippen molar-refractivity contribution >= 4 is 0 Å². The number of hydrogen-bond acceptors (Lipinski definition) is 3. The molecule has 0 saturated carbocycles. The summed E-state index contributed by atoms with van der Waals surface area (Å²) in [6.07, 6.45) is 2.07. The van der Waals surface area contributed by atoms with Crippen LogP contribution in [0.25, 0.3) is 0 Å². The van der Waals surface area contributed by atoms with E-state index in [2.05, 4.69) is 26.1 Å². The lowest BCUT2D eigenvalue weighted by Gasteiger charge is -2.31. The molecule has 0 aromatic heterocycles. The average molecular weight is 187 g/mol. The smallest absolute Gasteiger partial charge is 0.0128 e. The van der Waals surface area contributed by atoms with E-state index in [0.717, 1.165) is 32.5 Å². The Kier molecular flexibility index (Phi) is 6.29. The molecule has 0 fully saturated rings. The van der Waals surface area contributed by atoms with Gasteiger partial charge in [-0.15, -0.1) is 0 Å². The Morgan fingerprint density at radius 2 is 1.77 bits per heavy atom. The number of nitrogens with one attached hydrogen (secondary N) is 1. The summed E-state index contributed by atoms with van der Waals surface area (Å²) in [5, 5.41) is 3.50. The van der Waals surface area contributed by atoms with E-state index in [0.29, 0.717) is 6.04 Å². The Hall–Kier alpha value is -0.120. The Labute approximate surface area is 82.3 Å². The fourth-order valence-electron chi connectivity index (χ4n) is 1.39. The first kappa shape index (κ1) is 12.9. The van der Waals surface area contributed by atoms with E-state index < -0.39 is 0 Å². The van der Waals surface area contributed by atoms with E-state index >= 15 is 0 Å². The van der Waals surface area contributed by atoms with Crippen LogP contribution in [-0.2, 0) is 0 Å². The minimum atomic E-state index is 0.286. The molecule has 3 heteroatoms. The molecule has 0 aliphatic carbocycles. The highest BCUT2D eigenvalue weighted by Crippen LogP contribution is 2.21. The van der Waals surface area contributed by atoms with Gasteiger partial charge in [-0.3, -0.25) is 0 Å². The maximum Gasteiger partial charge on any atom is 0.0128 e. The molecule has 0 radical (unpaired) electrons. The first-order chi connectivity index (χ1) is 6.02. The minimum Gasteiger partial charge on any atom is -0.330 e. The van der Waals surface area contributed by atoms with Gasteiger partial charge in [0.15, 0.2) is 0 Å². The summed E-state index contributed by atoms with van der Waals surface area (Å²) < 4.78 is 0. The average Bonchev–Trinajstić information content (AvgIpc) is 2.01. The van der Waals surface area contributed by atoms with E-state index in [-0.39, 0.29) is 5.41 Å². The van der Waals surface area contributed by atoms with Crippen molar-refractivity contribution in [3.8, 4) is 0 Å². The summed E-state index contributed by atoms with van der Waals surface area (Å²) in [4.78, 5) is 0. The molecule has 0 bridgehead atoms. The van der Waals surface area contributed by atoms with Crippen molar-refractivity contribution in [2.45, 2.75) is 39.7 Å². The second-order valence-electron chi connectivity index (χ2n) is 4.59. The van der Waals surface area contributed by atoms with Gasteiger partial charge in [-0.1, -0.05) is 20.8 Å². The van der Waals surface area contributed by atoms with Crippen LogP contribution < -0.4 is 16.8 Å². The highest BCUT2D eigenvalue weighted by molar-refractivity contribution is 4.80. The van der Waals surface area contributed by atoms with Crippen LogP contribution in [0.15, 0.2) is 0 Å². The fourth-order valence-corrected chi connectivity index (χ4v) is 1.39. The van der Waals surface area contributed by atoms with Gasteiger partial charge >= 0.3 is 0 Å². The van der Waals surface area contributed by atoms with Crippen LogP contribution in [0, 0.1) is 5.41 Å². The van der Waals surface area contributed by atoms with Crippen LogP contribution in [0.2, 0.25) is 0 Å².